The van der Waals surface area contributed by atoms with Crippen LogP contribution in [0.2, 0.25) is 0 Å². The summed E-state index contributed by atoms with van der Waals surface area (Å²) < 4.78 is 122. The average Bonchev–Trinajstić information content (AvgIpc) is 3.68. The molecular weight excluding hydrogens is 593 g/mol. The molecule has 1 heterocycles. The lowest BCUT2D eigenvalue weighted by Crippen LogP contribution is -1.91. The number of fused-ring (bicyclic) bond motifs is 6. The Morgan fingerprint density at radius 2 is 1.02 bits per heavy atom. The van der Waals surface area contributed by atoms with Crippen LogP contribution in [-0.4, -0.2) is 0 Å². The number of furan rings is 1. The molecular formula is C48H30O. The fourth-order valence-corrected chi connectivity index (χ4v) is 6.85. The topological polar surface area (TPSA) is 13.1 Å². The van der Waals surface area contributed by atoms with Crippen molar-refractivity contribution >= 4 is 54.3 Å². The summed E-state index contributed by atoms with van der Waals surface area (Å²) in [6, 6.07) is 26.2. The Bertz CT molecular complexity index is 3560. The van der Waals surface area contributed by atoms with Crippen LogP contribution in [0.5, 0.6) is 0 Å². The fraction of sp³-hybridized carbons (Fsp3) is 0. The minimum Gasteiger partial charge on any atom is -0.456 e. The van der Waals surface area contributed by atoms with Crippen LogP contribution >= 0.6 is 0 Å². The molecule has 1 nitrogen and oxygen atoms in total. The number of hydrogen-bond acceptors (Lipinski definition) is 1. The molecule has 228 valence electrons. The monoisotopic (exact) mass is 635 g/mol. The van der Waals surface area contributed by atoms with Gasteiger partial charge in [0.15, 0.2) is 0 Å². The number of rotatable bonds is 4. The number of benzene rings is 9. The second kappa shape index (κ2) is 11.1. The summed E-state index contributed by atoms with van der Waals surface area (Å²) in [7, 11) is 0. The maximum atomic E-state index is 9.48. The lowest BCUT2D eigenvalue weighted by molar-refractivity contribution is 0.669. The molecule has 0 aliphatic heterocycles. The van der Waals surface area contributed by atoms with Crippen molar-refractivity contribution in [1.82, 2.24) is 0 Å². The largest absolute Gasteiger partial charge is 0.456 e. The average molecular weight is 636 g/mol. The van der Waals surface area contributed by atoms with Crippen LogP contribution in [0.3, 0.4) is 0 Å². The van der Waals surface area contributed by atoms with E-state index in [9.17, 15) is 5.48 Å². The standard InChI is InChI=1S/C48H30O/c1-2-12-31(13-3-1)36-26-27-42-45(30-36)49-44-23-11-22-43(48(42)44)47-40-20-8-6-18-38(40)46(39-19-7-9-21-41(39)47)37-17-10-16-34(29-37)35-25-24-32-14-4-5-15-33(32)28-35/h1-30H/i4D,5D,11D,14D,15D,22D,23D,24D,25D,26D,27D,28D,30D. The van der Waals surface area contributed by atoms with E-state index in [1.54, 1.807) is 42.5 Å². The minimum absolute atomic E-state index is 0.0238. The molecule has 0 fully saturated rings. The molecule has 0 saturated carbocycles. The van der Waals surface area contributed by atoms with Gasteiger partial charge in [-0.05, 0) is 107 Å². The van der Waals surface area contributed by atoms with Gasteiger partial charge in [-0.25, -0.2) is 0 Å². The van der Waals surface area contributed by atoms with Gasteiger partial charge in [0.2, 0.25) is 0 Å². The Labute approximate surface area is 302 Å². The van der Waals surface area contributed by atoms with Gasteiger partial charge in [0.1, 0.15) is 11.2 Å². The molecule has 1 aromatic heterocycles. The van der Waals surface area contributed by atoms with Crippen molar-refractivity contribution in [3.63, 3.8) is 0 Å². The van der Waals surface area contributed by atoms with Crippen LogP contribution in [0.1, 0.15) is 17.8 Å². The summed E-state index contributed by atoms with van der Waals surface area (Å²) in [5.74, 6) is 0. The van der Waals surface area contributed by atoms with Crippen molar-refractivity contribution in [2.75, 3.05) is 0 Å². The lowest BCUT2D eigenvalue weighted by Gasteiger charge is -2.18. The van der Waals surface area contributed by atoms with E-state index in [0.717, 1.165) is 5.56 Å². The van der Waals surface area contributed by atoms with Crippen molar-refractivity contribution in [3.8, 4) is 44.5 Å². The van der Waals surface area contributed by atoms with Gasteiger partial charge in [0.05, 0.1) is 17.8 Å². The van der Waals surface area contributed by atoms with Gasteiger partial charge in [-0.2, -0.15) is 0 Å². The van der Waals surface area contributed by atoms with Gasteiger partial charge >= 0.3 is 0 Å². The summed E-state index contributed by atoms with van der Waals surface area (Å²) in [5.41, 5.74) is 3.22. The highest BCUT2D eigenvalue weighted by Gasteiger charge is 2.20. The quantitative estimate of drug-likeness (QED) is 0.175. The van der Waals surface area contributed by atoms with E-state index in [0.29, 0.717) is 43.8 Å². The fourth-order valence-electron chi connectivity index (χ4n) is 6.85. The molecule has 0 radical (unpaired) electrons. The Morgan fingerprint density at radius 3 is 1.80 bits per heavy atom. The lowest BCUT2D eigenvalue weighted by atomic mass is 9.84. The van der Waals surface area contributed by atoms with Crippen molar-refractivity contribution in [3.05, 3.63) is 182 Å². The van der Waals surface area contributed by atoms with Crippen LogP contribution in [0, 0.1) is 0 Å². The van der Waals surface area contributed by atoms with Gasteiger partial charge in [-0.1, -0.05) is 151 Å². The first-order valence-corrected chi connectivity index (χ1v) is 15.8. The molecule has 0 aliphatic carbocycles. The zero-order chi connectivity index (χ0) is 43.6. The first-order chi connectivity index (χ1) is 29.7. The molecule has 10 aromatic rings. The molecule has 0 unspecified atom stereocenters. The minimum atomic E-state index is -0.542. The van der Waals surface area contributed by atoms with E-state index >= 15 is 0 Å². The summed E-state index contributed by atoms with van der Waals surface area (Å²) >= 11 is 0. The molecule has 0 aliphatic rings. The van der Waals surface area contributed by atoms with Gasteiger partial charge in [-0.3, -0.25) is 0 Å². The third-order valence-electron chi connectivity index (χ3n) is 9.01. The SMILES string of the molecule is [2H]c1c([2H])c(-c2c3ccccc3c(-c3cccc(-c4c([2H])c([2H])c5c([2H])c([2H])c([2H])c([2H])c5c4[2H])c3)c3ccccc23)c2c(oc3c([2H])c(-c4ccccc4)c([2H])c([2H])c32)c1[2H]. The van der Waals surface area contributed by atoms with Crippen LogP contribution in [0.25, 0.3) is 98.8 Å². The highest BCUT2D eigenvalue weighted by Crippen LogP contribution is 2.47. The van der Waals surface area contributed by atoms with E-state index in [4.69, 9.17) is 16.8 Å². The van der Waals surface area contributed by atoms with Crippen LogP contribution < -0.4 is 0 Å². The summed E-state index contributed by atoms with van der Waals surface area (Å²) in [5, 5.41) is 2.68. The number of hydrogen-bond donors (Lipinski definition) is 0. The van der Waals surface area contributed by atoms with Crippen LogP contribution in [0.4, 0.5) is 0 Å². The maximum absolute atomic E-state index is 9.48. The van der Waals surface area contributed by atoms with Gasteiger partial charge < -0.3 is 4.42 Å². The molecule has 0 amide bonds. The summed E-state index contributed by atoms with van der Waals surface area (Å²) in [4.78, 5) is 0. The highest BCUT2D eigenvalue weighted by molar-refractivity contribution is 6.25. The molecule has 0 spiro atoms. The third-order valence-corrected chi connectivity index (χ3v) is 9.01. The predicted octanol–water partition coefficient (Wildman–Crippen LogP) is 13.7. The molecule has 1 heteroatoms. The molecule has 0 saturated heterocycles. The third kappa shape index (κ3) is 4.47. The molecule has 0 N–H and O–H groups in total. The van der Waals surface area contributed by atoms with E-state index < -0.39 is 36.3 Å². The van der Waals surface area contributed by atoms with Crippen LogP contribution in [-0.2, 0) is 0 Å². The zero-order valence-electron chi connectivity index (χ0n) is 38.7. The molecule has 49 heavy (non-hydrogen) atoms. The summed E-state index contributed by atoms with van der Waals surface area (Å²) in [6.07, 6.45) is 0. The predicted molar refractivity (Wildman–Crippen MR) is 208 cm³/mol. The Hall–Kier alpha value is -6.44. The molecule has 0 atom stereocenters. The van der Waals surface area contributed by atoms with Crippen molar-refractivity contribution < 1.29 is 22.2 Å². The van der Waals surface area contributed by atoms with Crippen molar-refractivity contribution in [2.45, 2.75) is 0 Å². The van der Waals surface area contributed by atoms with Gasteiger partial charge in [-0.15, -0.1) is 0 Å². The Kier molecular flexibility index (Phi) is 3.99. The first kappa shape index (κ1) is 17.6. The van der Waals surface area contributed by atoms with E-state index in [1.165, 1.54) is 0 Å². The second-order valence-electron chi connectivity index (χ2n) is 11.8. The van der Waals surface area contributed by atoms with Gasteiger partial charge in [0.25, 0.3) is 0 Å². The normalized spacial score (nSPS) is 15.4. The Balaban J connectivity index is 1.29. The van der Waals surface area contributed by atoms with E-state index in [-0.39, 0.29) is 91.7 Å². The zero-order valence-corrected chi connectivity index (χ0v) is 25.7. The second-order valence-corrected chi connectivity index (χ2v) is 11.8. The maximum Gasteiger partial charge on any atom is 0.136 e. The van der Waals surface area contributed by atoms with Crippen molar-refractivity contribution in [1.29, 1.82) is 0 Å². The van der Waals surface area contributed by atoms with E-state index in [1.807, 2.05) is 60.7 Å². The van der Waals surface area contributed by atoms with Crippen LogP contribution in [0.15, 0.2) is 186 Å². The van der Waals surface area contributed by atoms with E-state index in [2.05, 4.69) is 0 Å². The highest BCUT2D eigenvalue weighted by atomic mass is 16.3. The first-order valence-electron chi connectivity index (χ1n) is 22.3. The summed E-state index contributed by atoms with van der Waals surface area (Å²) in [6.45, 7) is 0. The Morgan fingerprint density at radius 1 is 0.388 bits per heavy atom. The molecule has 10 rings (SSSR count). The smallest absolute Gasteiger partial charge is 0.136 e. The molecule has 9 aromatic carbocycles. The van der Waals surface area contributed by atoms with Crippen molar-refractivity contribution in [2.24, 2.45) is 0 Å². The van der Waals surface area contributed by atoms with Gasteiger partial charge in [0, 0.05) is 10.8 Å². The molecule has 0 bridgehead atoms.